The topological polar surface area (TPSA) is 41.0 Å². The Balaban J connectivity index is 2.09. The number of nitrogens with zero attached hydrogens (tertiary/aromatic N) is 3. The van der Waals surface area contributed by atoms with E-state index in [9.17, 15) is 4.39 Å². The highest BCUT2D eigenvalue weighted by atomic mass is 19.1. The second-order valence-corrected chi connectivity index (χ2v) is 5.41. The van der Waals surface area contributed by atoms with E-state index in [0.29, 0.717) is 6.54 Å². The van der Waals surface area contributed by atoms with Gasteiger partial charge in [0.2, 0.25) is 0 Å². The molecule has 0 saturated heterocycles. The third-order valence-electron chi connectivity index (χ3n) is 3.59. The molecule has 1 atom stereocenters. The number of hydrogen-bond acceptors (Lipinski definition) is 4. The number of rotatable bonds is 5. The zero-order valence-corrected chi connectivity index (χ0v) is 12.9. The minimum Gasteiger partial charge on any atom is -0.367 e. The lowest BCUT2D eigenvalue weighted by atomic mass is 10.1. The fourth-order valence-corrected chi connectivity index (χ4v) is 2.12. The highest BCUT2D eigenvalue weighted by Gasteiger charge is 2.14. The first kappa shape index (κ1) is 15.4. The van der Waals surface area contributed by atoms with Crippen molar-refractivity contribution in [3.8, 4) is 0 Å². The first-order valence-electron chi connectivity index (χ1n) is 6.94. The Morgan fingerprint density at radius 1 is 1.14 bits per heavy atom. The van der Waals surface area contributed by atoms with Crippen molar-refractivity contribution in [3.05, 3.63) is 53.0 Å². The van der Waals surface area contributed by atoms with E-state index in [1.54, 1.807) is 0 Å². The summed E-state index contributed by atoms with van der Waals surface area (Å²) in [6, 6.07) is 8.72. The molecule has 0 fully saturated rings. The summed E-state index contributed by atoms with van der Waals surface area (Å²) in [6.45, 7) is 4.63. The normalized spacial score (nSPS) is 12.5. The molecule has 0 saturated carbocycles. The lowest BCUT2D eigenvalue weighted by Crippen LogP contribution is -2.27. The average molecular weight is 288 g/mol. The number of aromatic nitrogens is 2. The minimum atomic E-state index is -0.218. The van der Waals surface area contributed by atoms with Gasteiger partial charge in [-0.15, -0.1) is 5.10 Å². The van der Waals surface area contributed by atoms with Crippen LogP contribution in [0.1, 0.15) is 22.9 Å². The van der Waals surface area contributed by atoms with Crippen LogP contribution in [0.2, 0.25) is 0 Å². The Hall–Kier alpha value is -2.01. The van der Waals surface area contributed by atoms with Gasteiger partial charge in [0, 0.05) is 6.54 Å². The van der Waals surface area contributed by atoms with Crippen molar-refractivity contribution in [2.24, 2.45) is 0 Å². The Bertz CT molecular complexity index is 596. The Kier molecular flexibility index (Phi) is 4.85. The van der Waals surface area contributed by atoms with E-state index in [1.807, 2.05) is 46.1 Å². The zero-order valence-electron chi connectivity index (χ0n) is 12.9. The molecule has 4 nitrogen and oxygen atoms in total. The van der Waals surface area contributed by atoms with E-state index >= 15 is 0 Å². The van der Waals surface area contributed by atoms with Gasteiger partial charge in [-0.3, -0.25) is 0 Å². The maximum atomic E-state index is 13.0. The van der Waals surface area contributed by atoms with Gasteiger partial charge in [0.15, 0.2) is 0 Å². The maximum Gasteiger partial charge on any atom is 0.148 e. The van der Waals surface area contributed by atoms with Gasteiger partial charge in [0.05, 0.1) is 11.7 Å². The van der Waals surface area contributed by atoms with Gasteiger partial charge in [-0.2, -0.15) is 5.10 Å². The number of hydrogen-bond donors (Lipinski definition) is 1. The molecule has 1 heterocycles. The van der Waals surface area contributed by atoms with Crippen molar-refractivity contribution in [1.29, 1.82) is 0 Å². The molecule has 1 aromatic carbocycles. The predicted molar refractivity (Wildman–Crippen MR) is 82.8 cm³/mol. The van der Waals surface area contributed by atoms with Crippen LogP contribution < -0.4 is 5.32 Å². The quantitative estimate of drug-likeness (QED) is 0.918. The van der Waals surface area contributed by atoms with E-state index in [2.05, 4.69) is 20.4 Å². The van der Waals surface area contributed by atoms with Crippen LogP contribution in [0.5, 0.6) is 0 Å². The Morgan fingerprint density at radius 3 is 2.38 bits per heavy atom. The second kappa shape index (κ2) is 6.63. The second-order valence-electron chi connectivity index (χ2n) is 5.41. The van der Waals surface area contributed by atoms with Crippen molar-refractivity contribution < 1.29 is 4.39 Å². The summed E-state index contributed by atoms with van der Waals surface area (Å²) >= 11 is 0. The molecule has 1 unspecified atom stereocenters. The molecule has 1 aromatic heterocycles. The molecule has 0 amide bonds. The summed E-state index contributed by atoms with van der Waals surface area (Å²) in [5.74, 6) is 0.538. The number of likely N-dealkylation sites (N-methyl/N-ethyl adjacent to an activating group) is 1. The van der Waals surface area contributed by atoms with Crippen LogP contribution in [0.4, 0.5) is 10.2 Å². The van der Waals surface area contributed by atoms with Gasteiger partial charge in [-0.25, -0.2) is 4.39 Å². The molecule has 21 heavy (non-hydrogen) atoms. The third kappa shape index (κ3) is 3.98. The van der Waals surface area contributed by atoms with E-state index in [0.717, 1.165) is 22.6 Å². The van der Waals surface area contributed by atoms with Crippen LogP contribution in [0.3, 0.4) is 0 Å². The van der Waals surface area contributed by atoms with Crippen molar-refractivity contribution >= 4 is 5.82 Å². The summed E-state index contributed by atoms with van der Waals surface area (Å²) in [7, 11) is 4.00. The summed E-state index contributed by atoms with van der Waals surface area (Å²) in [5.41, 5.74) is 3.10. The highest BCUT2D eigenvalue weighted by molar-refractivity contribution is 5.38. The zero-order chi connectivity index (χ0) is 15.4. The van der Waals surface area contributed by atoms with Gasteiger partial charge in [-0.05, 0) is 57.3 Å². The lowest BCUT2D eigenvalue weighted by Gasteiger charge is -2.25. The molecule has 5 heteroatoms. The molecule has 2 rings (SSSR count). The Morgan fingerprint density at radius 2 is 1.81 bits per heavy atom. The van der Waals surface area contributed by atoms with Crippen LogP contribution in [0.15, 0.2) is 30.3 Å². The highest BCUT2D eigenvalue weighted by Crippen LogP contribution is 2.19. The minimum absolute atomic E-state index is 0.133. The van der Waals surface area contributed by atoms with Gasteiger partial charge < -0.3 is 10.2 Å². The van der Waals surface area contributed by atoms with Crippen molar-refractivity contribution in [1.82, 2.24) is 15.1 Å². The van der Waals surface area contributed by atoms with Gasteiger partial charge in [-0.1, -0.05) is 12.1 Å². The summed E-state index contributed by atoms with van der Waals surface area (Å²) in [4.78, 5) is 2.09. The van der Waals surface area contributed by atoms with Crippen LogP contribution in [0.25, 0.3) is 0 Å². The van der Waals surface area contributed by atoms with E-state index in [4.69, 9.17) is 0 Å². The number of halogens is 1. The molecule has 0 bridgehead atoms. The molecule has 2 aromatic rings. The van der Waals surface area contributed by atoms with Crippen molar-refractivity contribution in [2.45, 2.75) is 19.9 Å². The smallest absolute Gasteiger partial charge is 0.148 e. The number of aryl methyl sites for hydroxylation is 2. The molecular weight excluding hydrogens is 267 g/mol. The molecule has 0 aliphatic rings. The van der Waals surface area contributed by atoms with Gasteiger partial charge >= 0.3 is 0 Å². The van der Waals surface area contributed by atoms with Crippen LogP contribution in [-0.4, -0.2) is 35.7 Å². The molecular formula is C16H21FN4. The average Bonchev–Trinajstić information content (AvgIpc) is 2.44. The third-order valence-corrected chi connectivity index (χ3v) is 3.59. The monoisotopic (exact) mass is 288 g/mol. The first-order chi connectivity index (χ1) is 9.97. The fourth-order valence-electron chi connectivity index (χ4n) is 2.12. The lowest BCUT2D eigenvalue weighted by molar-refractivity contribution is 0.311. The van der Waals surface area contributed by atoms with Crippen LogP contribution in [0, 0.1) is 19.7 Å². The van der Waals surface area contributed by atoms with Crippen molar-refractivity contribution in [3.63, 3.8) is 0 Å². The molecule has 1 N–H and O–H groups in total. The molecule has 0 aliphatic heterocycles. The Labute approximate surface area is 125 Å². The summed E-state index contributed by atoms with van der Waals surface area (Å²) in [5, 5.41) is 11.5. The van der Waals surface area contributed by atoms with E-state index < -0.39 is 0 Å². The maximum absolute atomic E-state index is 13.0. The SMILES string of the molecule is Cc1cc(NCC(c2ccc(F)cc2)N(C)C)nnc1C. The van der Waals surface area contributed by atoms with E-state index in [1.165, 1.54) is 12.1 Å². The summed E-state index contributed by atoms with van der Waals surface area (Å²) in [6.07, 6.45) is 0. The largest absolute Gasteiger partial charge is 0.367 e. The number of benzene rings is 1. The first-order valence-corrected chi connectivity index (χ1v) is 6.94. The number of anilines is 1. The van der Waals surface area contributed by atoms with Crippen LogP contribution >= 0.6 is 0 Å². The molecule has 0 radical (unpaired) electrons. The van der Waals surface area contributed by atoms with Gasteiger partial charge in [0.25, 0.3) is 0 Å². The van der Waals surface area contributed by atoms with E-state index in [-0.39, 0.29) is 11.9 Å². The van der Waals surface area contributed by atoms with Crippen molar-refractivity contribution in [2.75, 3.05) is 26.0 Å². The fraction of sp³-hybridized carbons (Fsp3) is 0.375. The molecule has 0 aliphatic carbocycles. The van der Waals surface area contributed by atoms with Gasteiger partial charge in [0.1, 0.15) is 11.6 Å². The summed E-state index contributed by atoms with van der Waals surface area (Å²) < 4.78 is 13.0. The molecule has 0 spiro atoms. The predicted octanol–water partition coefficient (Wildman–Crippen LogP) is 2.95. The van der Waals surface area contributed by atoms with Crippen LogP contribution in [-0.2, 0) is 0 Å². The number of nitrogens with one attached hydrogen (secondary N) is 1. The standard InChI is InChI=1S/C16H21FN4/c1-11-9-16(20-19-12(11)2)18-10-15(21(3)4)13-5-7-14(17)8-6-13/h5-9,15H,10H2,1-4H3,(H,18,20). The molecule has 112 valence electrons.